The lowest BCUT2D eigenvalue weighted by atomic mass is 10.0. The second-order valence-electron chi connectivity index (χ2n) is 10.8. The van der Waals surface area contributed by atoms with Crippen LogP contribution in [0.1, 0.15) is 17.2 Å². The molecule has 0 spiro atoms. The maximum atomic E-state index is 14.4. The standard InChI is InChI=1S/C34H32N6O5/c41-32(22-39-29-9-5-4-8-28(29)36-37-39)40(27-14-15-30-31(20-27)45-23-44-30)33(34(42)35-21-24-6-2-1-3-7-24)25-10-12-26(13-11-25)38-16-18-43-19-17-38/h1-15,20,33H,16-19,21-23H2,(H,35,42)/t33-/m1/s1. The number of anilines is 2. The first-order chi connectivity index (χ1) is 22.1. The highest BCUT2D eigenvalue weighted by Crippen LogP contribution is 2.38. The van der Waals surface area contributed by atoms with Crippen molar-refractivity contribution in [3.05, 3.63) is 108 Å². The van der Waals surface area contributed by atoms with Crippen molar-refractivity contribution in [1.82, 2.24) is 20.3 Å². The molecule has 1 aromatic heterocycles. The zero-order chi connectivity index (χ0) is 30.6. The van der Waals surface area contributed by atoms with Gasteiger partial charge in [-0.15, -0.1) is 5.10 Å². The first kappa shape index (κ1) is 28.4. The summed E-state index contributed by atoms with van der Waals surface area (Å²) < 4.78 is 18.3. The van der Waals surface area contributed by atoms with Crippen LogP contribution in [0.15, 0.2) is 97.1 Å². The van der Waals surface area contributed by atoms with Crippen LogP contribution in [0.3, 0.4) is 0 Å². The van der Waals surface area contributed by atoms with Crippen LogP contribution in [0, 0.1) is 0 Å². The number of para-hydroxylation sites is 1. The molecule has 2 amide bonds. The zero-order valence-corrected chi connectivity index (χ0v) is 24.5. The highest BCUT2D eigenvalue weighted by molar-refractivity contribution is 6.02. The molecule has 228 valence electrons. The predicted molar refractivity (Wildman–Crippen MR) is 168 cm³/mol. The molecular weight excluding hydrogens is 572 g/mol. The summed E-state index contributed by atoms with van der Waals surface area (Å²) in [6.07, 6.45) is 0. The number of amides is 2. The second kappa shape index (κ2) is 12.7. The van der Waals surface area contributed by atoms with E-state index < -0.39 is 6.04 Å². The number of nitrogens with one attached hydrogen (secondary N) is 1. The molecule has 0 bridgehead atoms. The number of hydrogen-bond donors (Lipinski definition) is 1. The Labute approximate surface area is 259 Å². The fraction of sp³-hybridized carbons (Fsp3) is 0.235. The Balaban J connectivity index is 1.28. The molecule has 45 heavy (non-hydrogen) atoms. The molecule has 2 aliphatic rings. The minimum Gasteiger partial charge on any atom is -0.454 e. The third-order valence-electron chi connectivity index (χ3n) is 8.01. The summed E-state index contributed by atoms with van der Waals surface area (Å²) in [5, 5.41) is 11.5. The molecule has 0 saturated carbocycles. The van der Waals surface area contributed by atoms with Crippen molar-refractivity contribution in [2.75, 3.05) is 42.9 Å². The van der Waals surface area contributed by atoms with Gasteiger partial charge in [0.25, 0.3) is 0 Å². The van der Waals surface area contributed by atoms with Gasteiger partial charge in [0.15, 0.2) is 11.5 Å². The van der Waals surface area contributed by atoms with Crippen molar-refractivity contribution in [2.45, 2.75) is 19.1 Å². The lowest BCUT2D eigenvalue weighted by Crippen LogP contribution is -2.45. The van der Waals surface area contributed by atoms with Gasteiger partial charge in [0.2, 0.25) is 18.6 Å². The quantitative estimate of drug-likeness (QED) is 0.268. The van der Waals surface area contributed by atoms with Crippen LogP contribution < -0.4 is 24.6 Å². The van der Waals surface area contributed by atoms with Crippen molar-refractivity contribution in [1.29, 1.82) is 0 Å². The minimum atomic E-state index is -1.00. The van der Waals surface area contributed by atoms with Crippen molar-refractivity contribution >= 4 is 34.2 Å². The van der Waals surface area contributed by atoms with Crippen molar-refractivity contribution in [3.8, 4) is 11.5 Å². The molecular formula is C34H32N6O5. The molecule has 11 nitrogen and oxygen atoms in total. The van der Waals surface area contributed by atoms with Gasteiger partial charge in [-0.05, 0) is 47.5 Å². The molecule has 7 rings (SSSR count). The molecule has 1 N–H and O–H groups in total. The third-order valence-corrected chi connectivity index (χ3v) is 8.01. The van der Waals surface area contributed by atoms with Gasteiger partial charge in [0, 0.05) is 37.1 Å². The number of fused-ring (bicyclic) bond motifs is 2. The molecule has 11 heteroatoms. The summed E-state index contributed by atoms with van der Waals surface area (Å²) >= 11 is 0. The predicted octanol–water partition coefficient (Wildman–Crippen LogP) is 4.09. The normalized spacial score (nSPS) is 14.7. The Morgan fingerprint density at radius 1 is 0.867 bits per heavy atom. The maximum absolute atomic E-state index is 14.4. The fourth-order valence-corrected chi connectivity index (χ4v) is 5.70. The van der Waals surface area contributed by atoms with Gasteiger partial charge in [-0.2, -0.15) is 0 Å². The van der Waals surface area contributed by atoms with E-state index in [0.717, 1.165) is 29.9 Å². The van der Waals surface area contributed by atoms with E-state index in [1.807, 2.05) is 78.9 Å². The Bertz CT molecular complexity index is 1800. The van der Waals surface area contributed by atoms with E-state index >= 15 is 0 Å². The van der Waals surface area contributed by atoms with Crippen molar-refractivity contribution in [3.63, 3.8) is 0 Å². The number of carbonyl (C=O) groups excluding carboxylic acids is 2. The zero-order valence-electron chi connectivity index (χ0n) is 24.5. The average molecular weight is 605 g/mol. The van der Waals surface area contributed by atoms with Crippen LogP contribution >= 0.6 is 0 Å². The van der Waals surface area contributed by atoms with Gasteiger partial charge in [-0.1, -0.05) is 59.8 Å². The molecule has 0 unspecified atom stereocenters. The monoisotopic (exact) mass is 604 g/mol. The first-order valence-electron chi connectivity index (χ1n) is 14.9. The molecule has 4 aromatic carbocycles. The van der Waals surface area contributed by atoms with Gasteiger partial charge < -0.3 is 24.4 Å². The SMILES string of the molecule is O=C(NCc1ccccc1)[C@@H](c1ccc(N2CCOCC2)cc1)N(C(=O)Cn1nnc2ccccc21)c1ccc2c(c1)OCO2. The molecule has 0 radical (unpaired) electrons. The van der Waals surface area contributed by atoms with Gasteiger partial charge in [0.1, 0.15) is 18.1 Å². The third kappa shape index (κ3) is 6.02. The number of ether oxygens (including phenoxy) is 3. The lowest BCUT2D eigenvalue weighted by Gasteiger charge is -2.32. The summed E-state index contributed by atoms with van der Waals surface area (Å²) in [4.78, 5) is 32.4. The number of hydrogen-bond acceptors (Lipinski definition) is 8. The maximum Gasteiger partial charge on any atom is 0.249 e. The number of morpholine rings is 1. The molecule has 1 atom stereocenters. The summed E-state index contributed by atoms with van der Waals surface area (Å²) in [6, 6.07) is 29.2. The summed E-state index contributed by atoms with van der Waals surface area (Å²) in [6.45, 7) is 3.15. The number of aromatic nitrogens is 3. The van der Waals surface area contributed by atoms with E-state index in [1.54, 1.807) is 22.9 Å². The van der Waals surface area contributed by atoms with E-state index in [9.17, 15) is 9.59 Å². The number of carbonyl (C=O) groups is 2. The number of rotatable bonds is 9. The van der Waals surface area contributed by atoms with Crippen LogP contribution in [0.2, 0.25) is 0 Å². The van der Waals surface area contributed by atoms with Crippen LogP contribution in [0.25, 0.3) is 11.0 Å². The summed E-state index contributed by atoms with van der Waals surface area (Å²) in [5.41, 5.74) is 4.52. The first-order valence-corrected chi connectivity index (χ1v) is 14.9. The van der Waals surface area contributed by atoms with Crippen LogP contribution in [-0.4, -0.2) is 59.9 Å². The molecule has 2 aliphatic heterocycles. The summed E-state index contributed by atoms with van der Waals surface area (Å²) in [7, 11) is 0. The molecule has 0 aliphatic carbocycles. The average Bonchev–Trinajstić information content (AvgIpc) is 3.74. The highest BCUT2D eigenvalue weighted by Gasteiger charge is 2.34. The largest absolute Gasteiger partial charge is 0.454 e. The second-order valence-corrected chi connectivity index (χ2v) is 10.8. The van der Waals surface area contributed by atoms with Crippen LogP contribution in [0.5, 0.6) is 11.5 Å². The van der Waals surface area contributed by atoms with E-state index in [-0.39, 0.29) is 25.2 Å². The Morgan fingerprint density at radius 3 is 2.44 bits per heavy atom. The Kier molecular flexibility index (Phi) is 7.98. The topological polar surface area (TPSA) is 111 Å². The molecule has 5 aromatic rings. The van der Waals surface area contributed by atoms with Crippen molar-refractivity contribution < 1.29 is 23.8 Å². The van der Waals surface area contributed by atoms with Gasteiger partial charge in [0.05, 0.1) is 18.7 Å². The molecule has 1 fully saturated rings. The minimum absolute atomic E-state index is 0.0850. The van der Waals surface area contributed by atoms with Crippen LogP contribution in [-0.2, 0) is 27.4 Å². The number of benzene rings is 4. The highest BCUT2D eigenvalue weighted by atomic mass is 16.7. The molecule has 1 saturated heterocycles. The Hall–Kier alpha value is -5.42. The summed E-state index contributed by atoms with van der Waals surface area (Å²) in [5.74, 6) is 0.407. The van der Waals surface area contributed by atoms with Gasteiger partial charge >= 0.3 is 0 Å². The van der Waals surface area contributed by atoms with Crippen molar-refractivity contribution in [2.24, 2.45) is 0 Å². The lowest BCUT2D eigenvalue weighted by molar-refractivity contribution is -0.127. The Morgan fingerprint density at radius 2 is 1.62 bits per heavy atom. The fourth-order valence-electron chi connectivity index (χ4n) is 5.70. The van der Waals surface area contributed by atoms with Crippen LogP contribution in [0.4, 0.5) is 11.4 Å². The van der Waals surface area contributed by atoms with E-state index in [2.05, 4.69) is 20.5 Å². The van der Waals surface area contributed by atoms with Gasteiger partial charge in [-0.25, -0.2) is 4.68 Å². The molecule has 3 heterocycles. The number of nitrogens with zero attached hydrogens (tertiary/aromatic N) is 5. The van der Waals surface area contributed by atoms with E-state index in [1.165, 1.54) is 4.90 Å². The van der Waals surface area contributed by atoms with Gasteiger partial charge in [-0.3, -0.25) is 14.5 Å². The smallest absolute Gasteiger partial charge is 0.249 e. The van der Waals surface area contributed by atoms with E-state index in [0.29, 0.717) is 48.0 Å². The van der Waals surface area contributed by atoms with E-state index in [4.69, 9.17) is 14.2 Å².